The van der Waals surface area contributed by atoms with E-state index in [0.717, 1.165) is 5.56 Å². The van der Waals surface area contributed by atoms with E-state index in [1.807, 2.05) is 6.92 Å². The second-order valence-corrected chi connectivity index (χ2v) is 6.01. The standard InChI is InChI=1S/C15H19Cl2NO2/c1-4-18(10-15(2,3)20)14(19)8-6-11-5-7-12(16)9-13(11)17/h5-9,20H,4,10H2,1-3H3. The second-order valence-electron chi connectivity index (χ2n) is 5.16. The molecule has 1 aromatic carbocycles. The fourth-order valence-electron chi connectivity index (χ4n) is 1.72. The molecule has 1 N–H and O–H groups in total. The van der Waals surface area contributed by atoms with Crippen LogP contribution in [0.1, 0.15) is 26.3 Å². The Balaban J connectivity index is 2.80. The van der Waals surface area contributed by atoms with Gasteiger partial charge in [0.2, 0.25) is 5.91 Å². The Morgan fingerprint density at radius 1 is 1.40 bits per heavy atom. The Kier molecular flexibility index (Phi) is 6.06. The number of halogens is 2. The largest absolute Gasteiger partial charge is 0.389 e. The van der Waals surface area contributed by atoms with Gasteiger partial charge in [0, 0.05) is 29.2 Å². The summed E-state index contributed by atoms with van der Waals surface area (Å²) in [6.45, 7) is 6.01. The van der Waals surface area contributed by atoms with E-state index in [4.69, 9.17) is 23.2 Å². The van der Waals surface area contributed by atoms with Crippen molar-refractivity contribution in [3.05, 3.63) is 39.9 Å². The predicted molar refractivity (Wildman–Crippen MR) is 84.0 cm³/mol. The van der Waals surface area contributed by atoms with Gasteiger partial charge in [0.25, 0.3) is 0 Å². The summed E-state index contributed by atoms with van der Waals surface area (Å²) in [5, 5.41) is 10.8. The van der Waals surface area contributed by atoms with Gasteiger partial charge in [-0.1, -0.05) is 29.3 Å². The maximum Gasteiger partial charge on any atom is 0.246 e. The molecule has 3 nitrogen and oxygen atoms in total. The molecule has 0 heterocycles. The zero-order valence-electron chi connectivity index (χ0n) is 11.9. The lowest BCUT2D eigenvalue weighted by atomic mass is 10.1. The lowest BCUT2D eigenvalue weighted by Gasteiger charge is -2.27. The number of nitrogens with zero attached hydrogens (tertiary/aromatic N) is 1. The average Bonchev–Trinajstić information content (AvgIpc) is 2.33. The van der Waals surface area contributed by atoms with Gasteiger partial charge in [0.15, 0.2) is 0 Å². The molecule has 20 heavy (non-hydrogen) atoms. The molecule has 0 unspecified atom stereocenters. The Labute approximate surface area is 129 Å². The van der Waals surface area contributed by atoms with Crippen LogP contribution in [0.15, 0.2) is 24.3 Å². The second kappa shape index (κ2) is 7.11. The van der Waals surface area contributed by atoms with E-state index >= 15 is 0 Å². The van der Waals surface area contributed by atoms with Crippen molar-refractivity contribution in [1.82, 2.24) is 4.90 Å². The first kappa shape index (κ1) is 17.0. The van der Waals surface area contributed by atoms with Gasteiger partial charge in [-0.25, -0.2) is 0 Å². The van der Waals surface area contributed by atoms with Crippen LogP contribution in [0.25, 0.3) is 6.08 Å². The first-order valence-corrected chi connectivity index (χ1v) is 7.13. The molecule has 0 bridgehead atoms. The number of benzene rings is 1. The predicted octanol–water partition coefficient (Wildman–Crippen LogP) is 3.63. The molecule has 0 spiro atoms. The van der Waals surface area contributed by atoms with Crippen LogP contribution in [-0.4, -0.2) is 34.6 Å². The third kappa shape index (κ3) is 5.53. The van der Waals surface area contributed by atoms with Crippen LogP contribution in [-0.2, 0) is 4.79 Å². The van der Waals surface area contributed by atoms with Crippen molar-refractivity contribution in [3.8, 4) is 0 Å². The minimum Gasteiger partial charge on any atom is -0.389 e. The maximum absolute atomic E-state index is 12.1. The molecule has 1 rings (SSSR count). The van der Waals surface area contributed by atoms with E-state index in [-0.39, 0.29) is 12.5 Å². The van der Waals surface area contributed by atoms with Crippen molar-refractivity contribution < 1.29 is 9.90 Å². The Bertz CT molecular complexity index is 507. The number of hydrogen-bond acceptors (Lipinski definition) is 2. The monoisotopic (exact) mass is 315 g/mol. The molecular formula is C15H19Cl2NO2. The smallest absolute Gasteiger partial charge is 0.246 e. The number of rotatable bonds is 5. The van der Waals surface area contributed by atoms with Crippen LogP contribution < -0.4 is 0 Å². The van der Waals surface area contributed by atoms with Gasteiger partial charge in [-0.2, -0.15) is 0 Å². The van der Waals surface area contributed by atoms with Crippen LogP contribution in [0.3, 0.4) is 0 Å². The van der Waals surface area contributed by atoms with E-state index in [0.29, 0.717) is 16.6 Å². The number of hydrogen-bond donors (Lipinski definition) is 1. The van der Waals surface area contributed by atoms with E-state index in [1.54, 1.807) is 43.0 Å². The summed E-state index contributed by atoms with van der Waals surface area (Å²) >= 11 is 11.8. The molecule has 0 saturated carbocycles. The molecule has 5 heteroatoms. The summed E-state index contributed by atoms with van der Waals surface area (Å²) in [6, 6.07) is 5.09. The minimum atomic E-state index is -0.919. The van der Waals surface area contributed by atoms with Gasteiger partial charge in [-0.05, 0) is 44.5 Å². The molecule has 0 atom stereocenters. The van der Waals surface area contributed by atoms with Gasteiger partial charge in [-0.15, -0.1) is 0 Å². The molecule has 1 aromatic rings. The highest BCUT2D eigenvalue weighted by Crippen LogP contribution is 2.22. The van der Waals surface area contributed by atoms with Gasteiger partial charge < -0.3 is 10.0 Å². The fraction of sp³-hybridized carbons (Fsp3) is 0.400. The summed E-state index contributed by atoms with van der Waals surface area (Å²) in [7, 11) is 0. The zero-order valence-corrected chi connectivity index (χ0v) is 13.4. The number of carbonyl (C=O) groups is 1. The first-order valence-electron chi connectivity index (χ1n) is 6.37. The first-order chi connectivity index (χ1) is 9.23. The molecule has 0 fully saturated rings. The molecule has 0 saturated heterocycles. The molecule has 0 radical (unpaired) electrons. The highest BCUT2D eigenvalue weighted by atomic mass is 35.5. The van der Waals surface area contributed by atoms with Crippen molar-refractivity contribution in [3.63, 3.8) is 0 Å². The van der Waals surface area contributed by atoms with Gasteiger partial charge in [0.05, 0.1) is 5.60 Å². The van der Waals surface area contributed by atoms with Crippen molar-refractivity contribution >= 4 is 35.2 Å². The normalized spacial score (nSPS) is 11.9. The summed E-state index contributed by atoms with van der Waals surface area (Å²) < 4.78 is 0. The Morgan fingerprint density at radius 2 is 2.05 bits per heavy atom. The Morgan fingerprint density at radius 3 is 2.55 bits per heavy atom. The van der Waals surface area contributed by atoms with Crippen LogP contribution >= 0.6 is 23.2 Å². The molecule has 1 amide bonds. The van der Waals surface area contributed by atoms with Gasteiger partial charge >= 0.3 is 0 Å². The van der Waals surface area contributed by atoms with Crippen LogP contribution in [0.5, 0.6) is 0 Å². The molecule has 0 aliphatic heterocycles. The molecule has 0 aliphatic carbocycles. The molecule has 0 aromatic heterocycles. The van der Waals surface area contributed by atoms with Crippen molar-refractivity contribution in [2.75, 3.05) is 13.1 Å². The van der Waals surface area contributed by atoms with Crippen molar-refractivity contribution in [2.45, 2.75) is 26.4 Å². The summed E-state index contributed by atoms with van der Waals surface area (Å²) in [5.74, 6) is -0.166. The number of aliphatic hydroxyl groups is 1. The maximum atomic E-state index is 12.1. The number of carbonyl (C=O) groups excluding carboxylic acids is 1. The number of likely N-dealkylation sites (N-methyl/N-ethyl adjacent to an activating group) is 1. The molecule has 110 valence electrons. The SMILES string of the molecule is CCN(CC(C)(C)O)C(=O)C=Cc1ccc(Cl)cc1Cl. The van der Waals surface area contributed by atoms with E-state index in [2.05, 4.69) is 0 Å². The number of amides is 1. The van der Waals surface area contributed by atoms with Gasteiger partial charge in [-0.3, -0.25) is 4.79 Å². The van der Waals surface area contributed by atoms with E-state index in [9.17, 15) is 9.90 Å². The highest BCUT2D eigenvalue weighted by Gasteiger charge is 2.19. The van der Waals surface area contributed by atoms with Crippen LogP contribution in [0.2, 0.25) is 10.0 Å². The molecular weight excluding hydrogens is 297 g/mol. The Hall–Kier alpha value is -1.03. The third-order valence-electron chi connectivity index (χ3n) is 2.64. The van der Waals surface area contributed by atoms with Gasteiger partial charge in [0.1, 0.15) is 0 Å². The lowest BCUT2D eigenvalue weighted by Crippen LogP contribution is -2.41. The summed E-state index contributed by atoms with van der Waals surface area (Å²) in [6.07, 6.45) is 3.10. The van der Waals surface area contributed by atoms with E-state index in [1.165, 1.54) is 6.08 Å². The third-order valence-corrected chi connectivity index (χ3v) is 3.20. The van der Waals surface area contributed by atoms with E-state index < -0.39 is 5.60 Å². The zero-order chi connectivity index (χ0) is 15.3. The summed E-state index contributed by atoms with van der Waals surface area (Å²) in [5.41, 5.74) is -0.194. The average molecular weight is 316 g/mol. The highest BCUT2D eigenvalue weighted by molar-refractivity contribution is 6.35. The lowest BCUT2D eigenvalue weighted by molar-refractivity contribution is -0.128. The van der Waals surface area contributed by atoms with Crippen LogP contribution in [0.4, 0.5) is 0 Å². The summed E-state index contributed by atoms with van der Waals surface area (Å²) in [4.78, 5) is 13.6. The van der Waals surface area contributed by atoms with Crippen molar-refractivity contribution in [1.29, 1.82) is 0 Å². The van der Waals surface area contributed by atoms with Crippen LogP contribution in [0, 0.1) is 0 Å². The fourth-order valence-corrected chi connectivity index (χ4v) is 2.19. The topological polar surface area (TPSA) is 40.5 Å². The quantitative estimate of drug-likeness (QED) is 0.843. The minimum absolute atomic E-state index is 0.166. The molecule has 0 aliphatic rings. The van der Waals surface area contributed by atoms with Crippen molar-refractivity contribution in [2.24, 2.45) is 0 Å².